The van der Waals surface area contributed by atoms with Crippen LogP contribution in [0.15, 0.2) is 53.0 Å². The Morgan fingerprint density at radius 1 is 1.25 bits per heavy atom. The highest BCUT2D eigenvalue weighted by Gasteiger charge is 2.16. The molecule has 0 radical (unpaired) electrons. The number of hydrogen-bond acceptors (Lipinski definition) is 6. The van der Waals surface area contributed by atoms with Gasteiger partial charge in [0.2, 0.25) is 0 Å². The van der Waals surface area contributed by atoms with E-state index in [0.29, 0.717) is 28.1 Å². The maximum absolute atomic E-state index is 12.4. The molecular weight excluding hydrogens is 372 g/mol. The summed E-state index contributed by atoms with van der Waals surface area (Å²) in [6.45, 7) is 1.78. The van der Waals surface area contributed by atoms with Gasteiger partial charge in [0.1, 0.15) is 11.7 Å². The molecule has 0 atom stereocenters. The van der Waals surface area contributed by atoms with Gasteiger partial charge in [-0.3, -0.25) is 4.79 Å². The minimum absolute atomic E-state index is 0.109. The number of aryl methyl sites for hydroxylation is 1. The number of aromatic nitrogens is 5. The van der Waals surface area contributed by atoms with Crippen LogP contribution in [0.2, 0.25) is 0 Å². The highest BCUT2D eigenvalue weighted by molar-refractivity contribution is 7.16. The summed E-state index contributed by atoms with van der Waals surface area (Å²) in [5.41, 5.74) is 5.83. The normalized spacial score (nSPS) is 11.1. The van der Waals surface area contributed by atoms with Crippen molar-refractivity contribution in [2.45, 2.75) is 6.92 Å². The molecule has 0 spiro atoms. The largest absolute Gasteiger partial charge is 0.346 e. The fraction of sp³-hybridized carbons (Fsp3) is 0.0500. The number of thiazole rings is 1. The van der Waals surface area contributed by atoms with E-state index in [1.54, 1.807) is 40.8 Å². The molecule has 5 rings (SSSR count). The smallest absolute Gasteiger partial charge is 0.191 e. The Hall–Kier alpha value is -3.83. The average molecular weight is 384 g/mol. The Morgan fingerprint density at radius 2 is 2.14 bits per heavy atom. The van der Waals surface area contributed by atoms with E-state index in [1.165, 1.54) is 6.07 Å². The third kappa shape index (κ3) is 2.49. The molecule has 4 aromatic heterocycles. The molecule has 0 aliphatic rings. The Balaban J connectivity index is 1.85. The Kier molecular flexibility index (Phi) is 3.57. The van der Waals surface area contributed by atoms with Gasteiger partial charge in [-0.2, -0.15) is 10.4 Å². The van der Waals surface area contributed by atoms with E-state index < -0.39 is 0 Å². The second-order valence-corrected chi connectivity index (χ2v) is 7.20. The van der Waals surface area contributed by atoms with Crippen LogP contribution in [0.4, 0.5) is 0 Å². The molecule has 1 N–H and O–H groups in total. The first kappa shape index (κ1) is 16.4. The third-order valence-electron chi connectivity index (χ3n) is 4.60. The summed E-state index contributed by atoms with van der Waals surface area (Å²) in [6, 6.07) is 11.4. The van der Waals surface area contributed by atoms with E-state index in [0.717, 1.165) is 21.3 Å². The van der Waals surface area contributed by atoms with Crippen LogP contribution in [0.25, 0.3) is 38.2 Å². The summed E-state index contributed by atoms with van der Waals surface area (Å²) in [7, 11) is 0. The Morgan fingerprint density at radius 3 is 2.96 bits per heavy atom. The molecular formula is C20H12N6OS. The van der Waals surface area contributed by atoms with Crippen molar-refractivity contribution in [3.63, 3.8) is 0 Å². The Bertz CT molecular complexity index is 1470. The summed E-state index contributed by atoms with van der Waals surface area (Å²) in [4.78, 5) is 24.3. The predicted molar refractivity (Wildman–Crippen MR) is 108 cm³/mol. The van der Waals surface area contributed by atoms with Crippen molar-refractivity contribution in [1.29, 1.82) is 5.26 Å². The van der Waals surface area contributed by atoms with E-state index in [2.05, 4.69) is 26.1 Å². The zero-order valence-corrected chi connectivity index (χ0v) is 15.5. The van der Waals surface area contributed by atoms with Crippen molar-refractivity contribution in [1.82, 2.24) is 24.7 Å². The predicted octanol–water partition coefficient (Wildman–Crippen LogP) is 3.57. The molecule has 4 heterocycles. The third-order valence-corrected chi connectivity index (χ3v) is 5.39. The fourth-order valence-corrected chi connectivity index (χ4v) is 3.89. The van der Waals surface area contributed by atoms with Gasteiger partial charge in [-0.15, -0.1) is 11.3 Å². The summed E-state index contributed by atoms with van der Waals surface area (Å²) in [5.74, 6) is 0.544. The zero-order valence-electron chi connectivity index (χ0n) is 14.7. The minimum Gasteiger partial charge on any atom is -0.346 e. The van der Waals surface area contributed by atoms with E-state index in [1.807, 2.05) is 24.3 Å². The lowest BCUT2D eigenvalue weighted by molar-refractivity contribution is 0.838. The SMILES string of the molecule is Cc1nn(-c2nc3[nH]ccc(=O)c3cc2-c2ccc3ncsc3c2)cc1C#N. The summed E-state index contributed by atoms with van der Waals surface area (Å²) in [5, 5.41) is 14.2. The number of aromatic amines is 1. The van der Waals surface area contributed by atoms with Crippen LogP contribution in [0.5, 0.6) is 0 Å². The van der Waals surface area contributed by atoms with Crippen molar-refractivity contribution >= 4 is 32.6 Å². The molecule has 8 heteroatoms. The van der Waals surface area contributed by atoms with Crippen LogP contribution >= 0.6 is 11.3 Å². The highest BCUT2D eigenvalue weighted by Crippen LogP contribution is 2.31. The van der Waals surface area contributed by atoms with Gasteiger partial charge < -0.3 is 4.98 Å². The molecule has 1 aromatic carbocycles. The molecule has 0 saturated carbocycles. The van der Waals surface area contributed by atoms with E-state index in [4.69, 9.17) is 0 Å². The van der Waals surface area contributed by atoms with E-state index in [9.17, 15) is 10.1 Å². The van der Waals surface area contributed by atoms with Gasteiger partial charge in [0.25, 0.3) is 0 Å². The first-order chi connectivity index (χ1) is 13.6. The van der Waals surface area contributed by atoms with Crippen LogP contribution < -0.4 is 5.43 Å². The van der Waals surface area contributed by atoms with Gasteiger partial charge in [-0.1, -0.05) is 6.07 Å². The molecule has 0 aliphatic heterocycles. The molecule has 0 bridgehead atoms. The quantitative estimate of drug-likeness (QED) is 0.501. The number of benzene rings is 1. The minimum atomic E-state index is -0.109. The lowest BCUT2D eigenvalue weighted by Gasteiger charge is -2.11. The van der Waals surface area contributed by atoms with Crippen molar-refractivity contribution in [3.8, 4) is 23.0 Å². The fourth-order valence-electron chi connectivity index (χ4n) is 3.18. The number of nitrogens with zero attached hydrogens (tertiary/aromatic N) is 5. The standard InChI is InChI=1S/C20H12N6OS/c1-11-13(8-21)9-26(25-11)20-14(7-15-17(27)4-5-22-19(15)24-20)12-2-3-16-18(6-12)28-10-23-16/h2-7,9-10H,1H3,(H,22,24,27). The number of pyridine rings is 2. The van der Waals surface area contributed by atoms with Crippen LogP contribution in [0.3, 0.4) is 0 Å². The van der Waals surface area contributed by atoms with Gasteiger partial charge >= 0.3 is 0 Å². The zero-order chi connectivity index (χ0) is 19.3. The summed E-state index contributed by atoms with van der Waals surface area (Å²) < 4.78 is 2.63. The molecule has 0 unspecified atom stereocenters. The molecule has 5 aromatic rings. The summed E-state index contributed by atoms with van der Waals surface area (Å²) in [6.07, 6.45) is 3.22. The molecule has 0 fully saturated rings. The van der Waals surface area contributed by atoms with E-state index >= 15 is 0 Å². The van der Waals surface area contributed by atoms with Crippen molar-refractivity contribution < 1.29 is 0 Å². The maximum atomic E-state index is 12.4. The summed E-state index contributed by atoms with van der Waals surface area (Å²) >= 11 is 1.55. The van der Waals surface area contributed by atoms with Gasteiger partial charge in [0, 0.05) is 17.8 Å². The first-order valence-electron chi connectivity index (χ1n) is 8.47. The van der Waals surface area contributed by atoms with Crippen LogP contribution in [-0.4, -0.2) is 24.7 Å². The molecule has 28 heavy (non-hydrogen) atoms. The first-order valence-corrected chi connectivity index (χ1v) is 9.35. The second kappa shape index (κ2) is 6.11. The molecule has 7 nitrogen and oxygen atoms in total. The number of nitrogens with one attached hydrogen (secondary N) is 1. The second-order valence-electron chi connectivity index (χ2n) is 6.32. The van der Waals surface area contributed by atoms with Gasteiger partial charge in [-0.25, -0.2) is 14.6 Å². The monoisotopic (exact) mass is 384 g/mol. The van der Waals surface area contributed by atoms with Gasteiger partial charge in [0.05, 0.1) is 38.6 Å². The van der Waals surface area contributed by atoms with Crippen LogP contribution in [0, 0.1) is 18.3 Å². The lowest BCUT2D eigenvalue weighted by Crippen LogP contribution is -2.07. The number of hydrogen-bond donors (Lipinski definition) is 1. The van der Waals surface area contributed by atoms with Crippen LogP contribution in [-0.2, 0) is 0 Å². The molecule has 0 saturated heterocycles. The molecule has 134 valence electrons. The molecule has 0 aliphatic carbocycles. The lowest BCUT2D eigenvalue weighted by atomic mass is 10.0. The van der Waals surface area contributed by atoms with Crippen molar-refractivity contribution in [2.75, 3.05) is 0 Å². The van der Waals surface area contributed by atoms with Gasteiger partial charge in [0.15, 0.2) is 11.2 Å². The highest BCUT2D eigenvalue weighted by atomic mass is 32.1. The van der Waals surface area contributed by atoms with Crippen molar-refractivity contribution in [3.05, 3.63) is 69.7 Å². The number of H-pyrrole nitrogens is 1. The topological polar surface area (TPSA) is 100 Å². The maximum Gasteiger partial charge on any atom is 0.191 e. The number of nitriles is 1. The van der Waals surface area contributed by atoms with Crippen molar-refractivity contribution in [2.24, 2.45) is 0 Å². The van der Waals surface area contributed by atoms with E-state index in [-0.39, 0.29) is 5.43 Å². The Labute approximate surface area is 162 Å². The van der Waals surface area contributed by atoms with Gasteiger partial charge in [-0.05, 0) is 30.7 Å². The molecule has 0 amide bonds. The number of fused-ring (bicyclic) bond motifs is 2. The van der Waals surface area contributed by atoms with Crippen LogP contribution in [0.1, 0.15) is 11.3 Å². The number of rotatable bonds is 2. The average Bonchev–Trinajstić information content (AvgIpc) is 3.32.